The van der Waals surface area contributed by atoms with Crippen LogP contribution in [0.15, 0.2) is 25.3 Å². The second-order valence-corrected chi connectivity index (χ2v) is 6.68. The summed E-state index contributed by atoms with van der Waals surface area (Å²) >= 11 is 0. The number of carbonyl (C=O) groups is 3. The Balaban J connectivity index is 2.37. The first-order valence-electron chi connectivity index (χ1n) is 9.58. The lowest BCUT2D eigenvalue weighted by molar-refractivity contribution is -0.144. The van der Waals surface area contributed by atoms with Gasteiger partial charge in [0.15, 0.2) is 0 Å². The number of nitrogens with one attached hydrogen (secondary N) is 1. The lowest BCUT2D eigenvalue weighted by atomic mass is 9.99. The van der Waals surface area contributed by atoms with E-state index < -0.39 is 5.92 Å². The molecule has 1 rings (SSSR count). The van der Waals surface area contributed by atoms with Crippen LogP contribution in [0.5, 0.6) is 0 Å². The van der Waals surface area contributed by atoms with E-state index in [0.717, 1.165) is 19.3 Å². The van der Waals surface area contributed by atoms with Gasteiger partial charge in [-0.25, -0.2) is 0 Å². The van der Waals surface area contributed by atoms with E-state index in [0.29, 0.717) is 25.8 Å². The molecule has 0 spiro atoms. The molecule has 0 aromatic carbocycles. The molecule has 0 bridgehead atoms. The molecule has 1 heterocycles. The summed E-state index contributed by atoms with van der Waals surface area (Å²) < 4.78 is 5.06. The third-order valence-electron chi connectivity index (χ3n) is 4.60. The third-order valence-corrected chi connectivity index (χ3v) is 4.60. The maximum absolute atomic E-state index is 12.5. The van der Waals surface area contributed by atoms with E-state index in [4.69, 9.17) is 4.74 Å². The van der Waals surface area contributed by atoms with E-state index in [2.05, 4.69) is 18.5 Å². The zero-order valence-electron chi connectivity index (χ0n) is 16.0. The van der Waals surface area contributed by atoms with Crippen LogP contribution in [0.25, 0.3) is 0 Å². The molecular weight excluding hydrogens is 348 g/mol. The molecule has 0 saturated carbocycles. The van der Waals surface area contributed by atoms with Gasteiger partial charge >= 0.3 is 5.97 Å². The molecule has 1 saturated heterocycles. The van der Waals surface area contributed by atoms with E-state index in [1.54, 1.807) is 17.1 Å². The number of hydrogen-bond donors (Lipinski definition) is 2. The number of esters is 1. The molecule has 7 nitrogen and oxygen atoms in total. The molecular formula is C20H32N2O5. The van der Waals surface area contributed by atoms with Crippen LogP contribution in [-0.2, 0) is 19.1 Å². The number of likely N-dealkylation sites (tertiary alicyclic amines) is 1. The molecule has 0 aromatic rings. The highest BCUT2D eigenvalue weighted by Gasteiger charge is 2.30. The number of ether oxygens (including phenoxy) is 1. The van der Waals surface area contributed by atoms with Gasteiger partial charge in [0.05, 0.1) is 25.1 Å². The Kier molecular flexibility index (Phi) is 11.1. The molecule has 2 N–H and O–H groups in total. The largest absolute Gasteiger partial charge is 0.464 e. The molecule has 0 aliphatic carbocycles. The lowest BCUT2D eigenvalue weighted by Gasteiger charge is -2.25. The zero-order valence-corrected chi connectivity index (χ0v) is 16.0. The highest BCUT2D eigenvalue weighted by Crippen LogP contribution is 2.20. The molecule has 27 heavy (non-hydrogen) atoms. The number of aliphatic hydroxyl groups is 1. The number of amides is 2. The average molecular weight is 380 g/mol. The number of carbonyl (C=O) groups excluding carboxylic acids is 3. The molecule has 152 valence electrons. The summed E-state index contributed by atoms with van der Waals surface area (Å²) in [5, 5.41) is 12.1. The van der Waals surface area contributed by atoms with Crippen LogP contribution in [0.1, 0.15) is 44.9 Å². The number of rotatable bonds is 13. The number of unbranched alkanes of at least 4 members (excludes halogenated alkanes) is 1. The molecule has 1 aliphatic rings. The highest BCUT2D eigenvalue weighted by molar-refractivity contribution is 5.86. The maximum atomic E-state index is 12.5. The smallest absolute Gasteiger partial charge is 0.305 e. The summed E-state index contributed by atoms with van der Waals surface area (Å²) in [6.45, 7) is 8.12. The number of aliphatic hydroxyl groups excluding tert-OH is 1. The average Bonchev–Trinajstić information content (AvgIpc) is 3.13. The first-order chi connectivity index (χ1) is 13.0. The fourth-order valence-corrected chi connectivity index (χ4v) is 3.11. The van der Waals surface area contributed by atoms with Crippen LogP contribution < -0.4 is 5.32 Å². The van der Waals surface area contributed by atoms with Gasteiger partial charge in [0.1, 0.15) is 6.61 Å². The summed E-state index contributed by atoms with van der Waals surface area (Å²) in [6.07, 6.45) is 7.28. The third kappa shape index (κ3) is 8.39. The van der Waals surface area contributed by atoms with E-state index in [1.807, 2.05) is 0 Å². The van der Waals surface area contributed by atoms with Gasteiger partial charge in [0.25, 0.3) is 0 Å². The Hall–Kier alpha value is -2.15. The zero-order chi connectivity index (χ0) is 20.1. The molecule has 2 amide bonds. The topological polar surface area (TPSA) is 95.9 Å². The summed E-state index contributed by atoms with van der Waals surface area (Å²) in [6, 6.07) is -0.148. The van der Waals surface area contributed by atoms with E-state index in [9.17, 15) is 19.5 Å². The fourth-order valence-electron chi connectivity index (χ4n) is 3.11. The predicted octanol–water partition coefficient (Wildman–Crippen LogP) is 1.57. The molecule has 0 radical (unpaired) electrons. The van der Waals surface area contributed by atoms with Gasteiger partial charge in [-0.05, 0) is 32.1 Å². The minimum Gasteiger partial charge on any atom is -0.464 e. The van der Waals surface area contributed by atoms with Gasteiger partial charge in [-0.3, -0.25) is 14.4 Å². The first-order valence-corrected chi connectivity index (χ1v) is 9.58. The Labute approximate surface area is 161 Å². The van der Waals surface area contributed by atoms with Crippen molar-refractivity contribution >= 4 is 17.8 Å². The Morgan fingerprint density at radius 3 is 2.74 bits per heavy atom. The minimum atomic E-state index is -0.516. The van der Waals surface area contributed by atoms with Crippen molar-refractivity contribution < 1.29 is 24.2 Å². The molecule has 0 unspecified atom stereocenters. The second kappa shape index (κ2) is 13.1. The van der Waals surface area contributed by atoms with E-state index in [1.165, 1.54) is 0 Å². The van der Waals surface area contributed by atoms with Crippen LogP contribution in [0.4, 0.5) is 0 Å². The molecule has 7 heteroatoms. The summed E-state index contributed by atoms with van der Waals surface area (Å²) in [5.74, 6) is -1.20. The fraction of sp³-hybridized carbons (Fsp3) is 0.650. The van der Waals surface area contributed by atoms with Gasteiger partial charge in [0, 0.05) is 19.4 Å². The molecule has 1 fully saturated rings. The summed E-state index contributed by atoms with van der Waals surface area (Å²) in [4.78, 5) is 38.0. The predicted molar refractivity (Wildman–Crippen MR) is 103 cm³/mol. The molecule has 1 aliphatic heterocycles. The van der Waals surface area contributed by atoms with Gasteiger partial charge in [-0.1, -0.05) is 12.2 Å². The Morgan fingerprint density at radius 2 is 2.07 bits per heavy atom. The summed E-state index contributed by atoms with van der Waals surface area (Å²) in [7, 11) is 0. The number of nitrogens with zero attached hydrogens (tertiary/aromatic N) is 1. The SMILES string of the molecule is C=CCCCC(=O)OCCNC(=O)[C@H](CC=C)CC(=O)N1CCC[C@H]1CO. The number of allylic oxidation sites excluding steroid dienone is 2. The highest BCUT2D eigenvalue weighted by atomic mass is 16.5. The van der Waals surface area contributed by atoms with Crippen molar-refractivity contribution in [3.8, 4) is 0 Å². The van der Waals surface area contributed by atoms with Gasteiger partial charge in [-0.15, -0.1) is 13.2 Å². The van der Waals surface area contributed by atoms with Crippen molar-refractivity contribution in [2.45, 2.75) is 51.0 Å². The van der Waals surface area contributed by atoms with E-state index in [-0.39, 0.29) is 50.0 Å². The van der Waals surface area contributed by atoms with Crippen molar-refractivity contribution in [3.05, 3.63) is 25.3 Å². The molecule has 0 aromatic heterocycles. The van der Waals surface area contributed by atoms with Crippen LogP contribution in [-0.4, -0.2) is 60.1 Å². The van der Waals surface area contributed by atoms with Crippen molar-refractivity contribution in [3.63, 3.8) is 0 Å². The maximum Gasteiger partial charge on any atom is 0.305 e. The van der Waals surface area contributed by atoms with Crippen molar-refractivity contribution in [1.29, 1.82) is 0 Å². The summed E-state index contributed by atoms with van der Waals surface area (Å²) in [5.41, 5.74) is 0. The van der Waals surface area contributed by atoms with Crippen LogP contribution >= 0.6 is 0 Å². The van der Waals surface area contributed by atoms with Crippen LogP contribution in [0.3, 0.4) is 0 Å². The van der Waals surface area contributed by atoms with Gasteiger partial charge < -0.3 is 20.1 Å². The Morgan fingerprint density at radius 1 is 1.30 bits per heavy atom. The Bertz CT molecular complexity index is 521. The quantitative estimate of drug-likeness (QED) is 0.287. The van der Waals surface area contributed by atoms with Crippen LogP contribution in [0, 0.1) is 5.92 Å². The standard InChI is InChI=1S/C20H32N2O5/c1-3-5-6-10-19(25)27-13-11-21-20(26)16(8-4-2)14-18(24)22-12-7-9-17(22)15-23/h3-4,16-17,23H,1-2,5-15H2,(H,21,26)/t16-,17+/m1/s1. The second-order valence-electron chi connectivity index (χ2n) is 6.68. The number of hydrogen-bond acceptors (Lipinski definition) is 5. The molecule has 2 atom stereocenters. The monoisotopic (exact) mass is 380 g/mol. The van der Waals surface area contributed by atoms with Crippen molar-refractivity contribution in [2.75, 3.05) is 26.3 Å². The van der Waals surface area contributed by atoms with Crippen LogP contribution in [0.2, 0.25) is 0 Å². The minimum absolute atomic E-state index is 0.0533. The van der Waals surface area contributed by atoms with Gasteiger partial charge in [0.2, 0.25) is 11.8 Å². The first kappa shape index (κ1) is 22.9. The lowest BCUT2D eigenvalue weighted by Crippen LogP contribution is -2.41. The van der Waals surface area contributed by atoms with Crippen molar-refractivity contribution in [2.24, 2.45) is 5.92 Å². The van der Waals surface area contributed by atoms with Crippen molar-refractivity contribution in [1.82, 2.24) is 10.2 Å². The van der Waals surface area contributed by atoms with E-state index >= 15 is 0 Å². The normalized spacial score (nSPS) is 17.2. The van der Waals surface area contributed by atoms with Gasteiger partial charge in [-0.2, -0.15) is 0 Å².